The topological polar surface area (TPSA) is 78.3 Å². The molecule has 3 aromatic rings. The molecule has 0 amide bonds. The highest BCUT2D eigenvalue weighted by Gasteiger charge is 2.17. The average Bonchev–Trinajstić information content (AvgIpc) is 2.69. The van der Waals surface area contributed by atoms with Gasteiger partial charge in [-0.1, -0.05) is 29.8 Å². The Hall–Kier alpha value is -3.25. The Bertz CT molecular complexity index is 1070. The molecule has 0 atom stereocenters. The van der Waals surface area contributed by atoms with E-state index in [1.165, 1.54) is 16.9 Å². The first-order valence-electron chi connectivity index (χ1n) is 8.63. The predicted molar refractivity (Wildman–Crippen MR) is 105 cm³/mol. The van der Waals surface area contributed by atoms with Crippen molar-refractivity contribution in [1.82, 2.24) is 9.78 Å². The van der Waals surface area contributed by atoms with E-state index in [4.69, 9.17) is 16.3 Å². The predicted octanol–water partition coefficient (Wildman–Crippen LogP) is 3.22. The van der Waals surface area contributed by atoms with Crippen LogP contribution in [0.3, 0.4) is 0 Å². The summed E-state index contributed by atoms with van der Waals surface area (Å²) in [6, 6.07) is 14.7. The van der Waals surface area contributed by atoms with Gasteiger partial charge in [0.05, 0.1) is 18.7 Å². The highest BCUT2D eigenvalue weighted by molar-refractivity contribution is 6.30. The van der Waals surface area contributed by atoms with Crippen LogP contribution in [0.2, 0.25) is 5.02 Å². The minimum atomic E-state index is -0.515. The van der Waals surface area contributed by atoms with Gasteiger partial charge in [0.1, 0.15) is 0 Å². The number of carbonyl (C=O) groups excluding carboxylic acids is 2. The highest BCUT2D eigenvalue weighted by Crippen LogP contribution is 2.13. The van der Waals surface area contributed by atoms with E-state index < -0.39 is 11.2 Å². The standard InChI is InChI=1S/C21H17ClN2O4/c1-2-28-19(26)13-14-4-3-5-15(12-14)21(27)20-18(25)10-11-24(23-20)17-8-6-16(22)7-9-17/h3-12H,2,13H2,1H3. The van der Waals surface area contributed by atoms with Gasteiger partial charge in [-0.05, 0) is 42.8 Å². The lowest BCUT2D eigenvalue weighted by molar-refractivity contribution is -0.142. The molecule has 28 heavy (non-hydrogen) atoms. The summed E-state index contributed by atoms with van der Waals surface area (Å²) in [5, 5.41) is 4.76. The smallest absolute Gasteiger partial charge is 0.310 e. The summed E-state index contributed by atoms with van der Waals surface area (Å²) in [5.74, 6) is -0.894. The van der Waals surface area contributed by atoms with Gasteiger partial charge >= 0.3 is 5.97 Å². The molecule has 0 saturated heterocycles. The Kier molecular flexibility index (Phi) is 6.01. The Morgan fingerprint density at radius 3 is 2.57 bits per heavy atom. The first kappa shape index (κ1) is 19.5. The summed E-state index contributed by atoms with van der Waals surface area (Å²) in [5.41, 5.74) is 0.879. The first-order valence-corrected chi connectivity index (χ1v) is 9.01. The molecule has 7 heteroatoms. The average molecular weight is 397 g/mol. The number of carbonyl (C=O) groups is 2. The number of benzene rings is 2. The van der Waals surface area contributed by atoms with Gasteiger partial charge in [-0.15, -0.1) is 0 Å². The van der Waals surface area contributed by atoms with Crippen molar-refractivity contribution in [2.45, 2.75) is 13.3 Å². The molecule has 142 valence electrons. The fourth-order valence-electron chi connectivity index (χ4n) is 2.64. The fourth-order valence-corrected chi connectivity index (χ4v) is 2.77. The number of ketones is 1. The van der Waals surface area contributed by atoms with Gasteiger partial charge in [0.15, 0.2) is 5.69 Å². The zero-order valence-electron chi connectivity index (χ0n) is 15.1. The van der Waals surface area contributed by atoms with Crippen LogP contribution in [0.25, 0.3) is 5.69 Å². The highest BCUT2D eigenvalue weighted by atomic mass is 35.5. The van der Waals surface area contributed by atoms with Crippen LogP contribution in [-0.2, 0) is 16.0 Å². The van der Waals surface area contributed by atoms with Gasteiger partial charge in [-0.3, -0.25) is 14.4 Å². The molecule has 0 aliphatic carbocycles. The van der Waals surface area contributed by atoms with Crippen LogP contribution < -0.4 is 5.43 Å². The number of halogens is 1. The van der Waals surface area contributed by atoms with Crippen molar-refractivity contribution in [3.05, 3.63) is 92.9 Å². The molecule has 0 N–H and O–H groups in total. The minimum absolute atomic E-state index is 0.0478. The van der Waals surface area contributed by atoms with Crippen LogP contribution in [0.1, 0.15) is 28.5 Å². The summed E-state index contributed by atoms with van der Waals surface area (Å²) in [6.45, 7) is 2.01. The lowest BCUT2D eigenvalue weighted by atomic mass is 10.0. The quantitative estimate of drug-likeness (QED) is 0.472. The molecule has 0 bridgehead atoms. The summed E-state index contributed by atoms with van der Waals surface area (Å²) in [7, 11) is 0. The fraction of sp³-hybridized carbons (Fsp3) is 0.143. The second-order valence-electron chi connectivity index (χ2n) is 5.96. The maximum Gasteiger partial charge on any atom is 0.310 e. The Morgan fingerprint density at radius 1 is 1.11 bits per heavy atom. The van der Waals surface area contributed by atoms with Crippen molar-refractivity contribution in [3.63, 3.8) is 0 Å². The van der Waals surface area contributed by atoms with Crippen LogP contribution in [0.5, 0.6) is 0 Å². The third-order valence-corrected chi connectivity index (χ3v) is 4.21. The SMILES string of the molecule is CCOC(=O)Cc1cccc(C(=O)c2nn(-c3ccc(Cl)cc3)ccc2=O)c1. The van der Waals surface area contributed by atoms with Crippen molar-refractivity contribution in [1.29, 1.82) is 0 Å². The lowest BCUT2D eigenvalue weighted by Crippen LogP contribution is -2.21. The molecular weight excluding hydrogens is 380 g/mol. The number of aromatic nitrogens is 2. The van der Waals surface area contributed by atoms with Crippen LogP contribution in [0, 0.1) is 0 Å². The van der Waals surface area contributed by atoms with Gasteiger partial charge in [-0.2, -0.15) is 5.10 Å². The van der Waals surface area contributed by atoms with E-state index in [1.54, 1.807) is 55.5 Å². The minimum Gasteiger partial charge on any atom is -0.466 e. The molecule has 6 nitrogen and oxygen atoms in total. The van der Waals surface area contributed by atoms with Gasteiger partial charge < -0.3 is 4.74 Å². The number of esters is 1. The van der Waals surface area contributed by atoms with Crippen LogP contribution in [0.15, 0.2) is 65.6 Å². The molecule has 0 unspecified atom stereocenters. The monoisotopic (exact) mass is 396 g/mol. The summed E-state index contributed by atoms with van der Waals surface area (Å²) >= 11 is 5.89. The number of rotatable bonds is 6. The molecular formula is C21H17ClN2O4. The van der Waals surface area contributed by atoms with Gasteiger partial charge in [-0.25, -0.2) is 4.68 Å². The van der Waals surface area contributed by atoms with E-state index in [2.05, 4.69) is 5.10 Å². The van der Waals surface area contributed by atoms with Crippen molar-refractivity contribution in [2.75, 3.05) is 6.61 Å². The van der Waals surface area contributed by atoms with Crippen LogP contribution in [-0.4, -0.2) is 28.1 Å². The number of nitrogens with zero attached hydrogens (tertiary/aromatic N) is 2. The van der Waals surface area contributed by atoms with Crippen LogP contribution >= 0.6 is 11.6 Å². The van der Waals surface area contributed by atoms with Crippen molar-refractivity contribution in [2.24, 2.45) is 0 Å². The molecule has 1 heterocycles. The van der Waals surface area contributed by atoms with Gasteiger partial charge in [0.2, 0.25) is 11.2 Å². The molecule has 0 aliphatic heterocycles. The molecule has 2 aromatic carbocycles. The van der Waals surface area contributed by atoms with E-state index in [1.807, 2.05) is 0 Å². The second kappa shape index (κ2) is 8.63. The Morgan fingerprint density at radius 2 is 1.86 bits per heavy atom. The number of ether oxygens (including phenoxy) is 1. The van der Waals surface area contributed by atoms with E-state index in [0.717, 1.165) is 0 Å². The number of hydrogen-bond acceptors (Lipinski definition) is 5. The third-order valence-electron chi connectivity index (χ3n) is 3.96. The van der Waals surface area contributed by atoms with Gasteiger partial charge in [0, 0.05) is 22.8 Å². The summed E-state index contributed by atoms with van der Waals surface area (Å²) in [6.07, 6.45) is 1.53. The molecule has 0 saturated carbocycles. The zero-order valence-corrected chi connectivity index (χ0v) is 15.8. The Balaban J connectivity index is 1.92. The first-order chi connectivity index (χ1) is 13.5. The molecule has 3 rings (SSSR count). The summed E-state index contributed by atoms with van der Waals surface area (Å²) < 4.78 is 6.36. The lowest BCUT2D eigenvalue weighted by Gasteiger charge is -2.08. The van der Waals surface area contributed by atoms with E-state index >= 15 is 0 Å². The van der Waals surface area contributed by atoms with E-state index in [-0.39, 0.29) is 30.3 Å². The van der Waals surface area contributed by atoms with Crippen molar-refractivity contribution >= 4 is 23.4 Å². The maximum atomic E-state index is 12.9. The molecule has 0 aliphatic rings. The number of hydrogen-bond donors (Lipinski definition) is 0. The molecule has 1 aromatic heterocycles. The van der Waals surface area contributed by atoms with Gasteiger partial charge in [0.25, 0.3) is 0 Å². The normalized spacial score (nSPS) is 10.5. The zero-order chi connectivity index (χ0) is 20.1. The second-order valence-corrected chi connectivity index (χ2v) is 6.40. The van der Waals surface area contributed by atoms with Crippen LogP contribution in [0.4, 0.5) is 0 Å². The summed E-state index contributed by atoms with van der Waals surface area (Å²) in [4.78, 5) is 36.7. The third kappa shape index (κ3) is 4.53. The molecule has 0 fully saturated rings. The van der Waals surface area contributed by atoms with E-state index in [9.17, 15) is 14.4 Å². The largest absolute Gasteiger partial charge is 0.466 e. The van der Waals surface area contributed by atoms with Crippen molar-refractivity contribution in [3.8, 4) is 5.69 Å². The molecule has 0 radical (unpaired) electrons. The maximum absolute atomic E-state index is 12.9. The molecule has 0 spiro atoms. The van der Waals surface area contributed by atoms with E-state index in [0.29, 0.717) is 16.3 Å². The van der Waals surface area contributed by atoms with Crippen molar-refractivity contribution < 1.29 is 14.3 Å². The Labute approximate surface area is 166 Å².